The second kappa shape index (κ2) is 9.01. The normalized spacial score (nSPS) is 15.6. The van der Waals surface area contributed by atoms with Crippen LogP contribution in [0.4, 0.5) is 13.2 Å². The zero-order valence-electron chi connectivity index (χ0n) is 18.6. The molecule has 1 aliphatic heterocycles. The van der Waals surface area contributed by atoms with Crippen molar-refractivity contribution < 1.29 is 22.8 Å². The van der Waals surface area contributed by atoms with Crippen molar-refractivity contribution >= 4 is 28.4 Å². The molecule has 1 fully saturated rings. The van der Waals surface area contributed by atoms with Crippen LogP contribution >= 0.6 is 0 Å². The average Bonchev–Trinajstić information content (AvgIpc) is 3.32. The van der Waals surface area contributed by atoms with E-state index >= 15 is 0 Å². The second-order valence-electron chi connectivity index (χ2n) is 8.45. The number of amides is 2. The lowest BCUT2D eigenvalue weighted by molar-refractivity contribution is 0.00356. The van der Waals surface area contributed by atoms with Gasteiger partial charge in [0, 0.05) is 30.9 Å². The molecule has 1 atom stereocenters. The van der Waals surface area contributed by atoms with Crippen LogP contribution in [0.3, 0.4) is 0 Å². The Morgan fingerprint density at radius 3 is 2.43 bits per heavy atom. The first kappa shape index (κ1) is 22.8. The molecule has 182 valence electrons. The van der Waals surface area contributed by atoms with Crippen LogP contribution in [-0.4, -0.2) is 60.4 Å². The summed E-state index contributed by atoms with van der Waals surface area (Å²) >= 11 is 0. The molecule has 2 N–H and O–H groups in total. The van der Waals surface area contributed by atoms with Gasteiger partial charge in [-0.2, -0.15) is 5.10 Å². The van der Waals surface area contributed by atoms with E-state index in [9.17, 15) is 22.8 Å². The van der Waals surface area contributed by atoms with Crippen molar-refractivity contribution in [2.75, 3.05) is 13.1 Å². The molecule has 4 aromatic heterocycles. The van der Waals surface area contributed by atoms with Gasteiger partial charge >= 0.3 is 0 Å². The molecule has 5 heterocycles. The van der Waals surface area contributed by atoms with Gasteiger partial charge in [-0.15, -0.1) is 0 Å². The summed E-state index contributed by atoms with van der Waals surface area (Å²) in [6.07, 6.45) is 1.91. The molecule has 0 spiro atoms. The number of rotatable bonds is 5. The molecule has 35 heavy (non-hydrogen) atoms. The molecular weight excluding hydrogens is 463 g/mol. The summed E-state index contributed by atoms with van der Waals surface area (Å²) in [6, 6.07) is 4.37. The van der Waals surface area contributed by atoms with Gasteiger partial charge < -0.3 is 10.6 Å². The Balaban J connectivity index is 1.66. The van der Waals surface area contributed by atoms with Crippen LogP contribution in [0, 0.1) is 0 Å². The van der Waals surface area contributed by atoms with Crippen molar-refractivity contribution in [2.45, 2.75) is 38.4 Å². The highest BCUT2D eigenvalue weighted by molar-refractivity contribution is 5.99. The number of pyridine rings is 2. The van der Waals surface area contributed by atoms with Gasteiger partial charge in [-0.25, -0.2) is 22.8 Å². The fraction of sp³-hybridized carbons (Fsp3) is 0.348. The van der Waals surface area contributed by atoms with Gasteiger partial charge in [0.1, 0.15) is 17.0 Å². The topological polar surface area (TPSA) is 111 Å². The molecule has 4 aromatic rings. The van der Waals surface area contributed by atoms with E-state index in [4.69, 9.17) is 5.73 Å². The van der Waals surface area contributed by atoms with Crippen LogP contribution in [0.25, 0.3) is 27.9 Å². The molecule has 2 amide bonds. The van der Waals surface area contributed by atoms with Gasteiger partial charge in [-0.05, 0) is 31.0 Å². The van der Waals surface area contributed by atoms with Crippen LogP contribution in [0.15, 0.2) is 36.8 Å². The Labute approximate surface area is 197 Å². The van der Waals surface area contributed by atoms with E-state index in [0.717, 1.165) is 25.7 Å². The molecule has 0 aliphatic carbocycles. The number of likely N-dealkylation sites (tertiary alicyclic amines) is 1. The fourth-order valence-electron chi connectivity index (χ4n) is 4.37. The highest BCUT2D eigenvalue weighted by Crippen LogP contribution is 2.32. The smallest absolute Gasteiger partial charge is 0.289 e. The standard InChI is InChI=1S/C23H22F3N7O2/c24-20(25)21(26)33-16-9-15(23(35)31-7-3-1-2-4-8-31)28-10-14(16)19(30-33)17-11-29-18-6-5-13(22(27)34)12-32(17)18/h5-6,9-12,20-21H,1-4,7-8H2,(H2,27,34). The first-order valence-electron chi connectivity index (χ1n) is 11.2. The third-order valence-corrected chi connectivity index (χ3v) is 6.18. The molecule has 0 radical (unpaired) electrons. The zero-order chi connectivity index (χ0) is 24.7. The van der Waals surface area contributed by atoms with E-state index in [2.05, 4.69) is 15.1 Å². The Bertz CT molecular complexity index is 1420. The number of fused-ring (bicyclic) bond motifs is 2. The molecule has 12 heteroatoms. The van der Waals surface area contributed by atoms with Crippen molar-refractivity contribution in [3.63, 3.8) is 0 Å². The molecule has 9 nitrogen and oxygen atoms in total. The molecule has 0 aromatic carbocycles. The summed E-state index contributed by atoms with van der Waals surface area (Å²) in [5.41, 5.74) is 6.49. The first-order chi connectivity index (χ1) is 16.8. The summed E-state index contributed by atoms with van der Waals surface area (Å²) < 4.78 is 43.5. The maximum Gasteiger partial charge on any atom is 0.289 e. The van der Waals surface area contributed by atoms with Crippen molar-refractivity contribution in [1.29, 1.82) is 0 Å². The fourth-order valence-corrected chi connectivity index (χ4v) is 4.37. The number of aromatic nitrogens is 5. The van der Waals surface area contributed by atoms with E-state index in [1.807, 2.05) is 0 Å². The number of hydrogen-bond donors (Lipinski definition) is 1. The van der Waals surface area contributed by atoms with Crippen LogP contribution in [0.2, 0.25) is 0 Å². The number of imidazole rings is 1. The third kappa shape index (κ3) is 4.08. The minimum absolute atomic E-state index is 0.00183. The van der Waals surface area contributed by atoms with E-state index in [0.29, 0.717) is 29.1 Å². The summed E-state index contributed by atoms with van der Waals surface area (Å²) in [5.74, 6) is -1.00. The number of hydrogen-bond acceptors (Lipinski definition) is 5. The number of nitrogens with two attached hydrogens (primary N) is 1. The van der Waals surface area contributed by atoms with Gasteiger partial charge in [0.05, 0.1) is 23.0 Å². The molecule has 0 bridgehead atoms. The lowest BCUT2D eigenvalue weighted by Crippen LogP contribution is -2.32. The van der Waals surface area contributed by atoms with Gasteiger partial charge in [-0.1, -0.05) is 12.8 Å². The molecule has 5 rings (SSSR count). The van der Waals surface area contributed by atoms with Gasteiger partial charge in [0.25, 0.3) is 18.6 Å². The van der Waals surface area contributed by atoms with Gasteiger partial charge in [0.2, 0.25) is 5.91 Å². The molecular formula is C23H22F3N7O2. The van der Waals surface area contributed by atoms with Crippen molar-refractivity contribution in [1.82, 2.24) is 29.0 Å². The predicted octanol–water partition coefficient (Wildman–Crippen LogP) is 3.59. The van der Waals surface area contributed by atoms with Crippen LogP contribution < -0.4 is 5.73 Å². The van der Waals surface area contributed by atoms with Crippen LogP contribution in [0.5, 0.6) is 0 Å². The Hall–Kier alpha value is -3.96. The SMILES string of the molecule is NC(=O)c1ccc2ncc(-c3nn(C(F)C(F)F)c4cc(C(=O)N5CCCCCC5)ncc34)n2c1. The number of carbonyl (C=O) groups excluding carboxylic acids is 2. The number of primary amides is 1. The predicted molar refractivity (Wildman–Crippen MR) is 121 cm³/mol. The quantitative estimate of drug-likeness (QED) is 0.464. The molecule has 1 unspecified atom stereocenters. The zero-order valence-corrected chi connectivity index (χ0v) is 18.6. The largest absolute Gasteiger partial charge is 0.366 e. The van der Waals surface area contributed by atoms with Gasteiger partial charge in [-0.3, -0.25) is 19.0 Å². The second-order valence-corrected chi connectivity index (χ2v) is 8.45. The monoisotopic (exact) mass is 485 g/mol. The average molecular weight is 485 g/mol. The van der Waals surface area contributed by atoms with Gasteiger partial charge in [0.15, 0.2) is 0 Å². The third-order valence-electron chi connectivity index (χ3n) is 6.18. The van der Waals surface area contributed by atoms with E-state index in [-0.39, 0.29) is 33.8 Å². The minimum Gasteiger partial charge on any atom is -0.366 e. The molecule has 1 aliphatic rings. The Kier molecular flexibility index (Phi) is 5.87. The maximum absolute atomic E-state index is 14.6. The maximum atomic E-state index is 14.6. The van der Waals surface area contributed by atoms with Crippen molar-refractivity contribution in [3.05, 3.63) is 48.0 Å². The Morgan fingerprint density at radius 1 is 1.00 bits per heavy atom. The number of nitrogens with zero attached hydrogens (tertiary/aromatic N) is 6. The van der Waals surface area contributed by atoms with Crippen molar-refractivity contribution in [2.24, 2.45) is 5.73 Å². The first-order valence-corrected chi connectivity index (χ1v) is 11.2. The summed E-state index contributed by atoms with van der Waals surface area (Å²) in [4.78, 5) is 34.9. The van der Waals surface area contributed by atoms with E-state index in [1.54, 1.807) is 11.0 Å². The molecule has 0 saturated carbocycles. The van der Waals surface area contributed by atoms with Crippen LogP contribution in [-0.2, 0) is 0 Å². The number of alkyl halides is 3. The summed E-state index contributed by atoms with van der Waals surface area (Å²) in [7, 11) is 0. The van der Waals surface area contributed by atoms with Crippen molar-refractivity contribution in [3.8, 4) is 11.4 Å². The Morgan fingerprint density at radius 2 is 1.74 bits per heavy atom. The lowest BCUT2D eigenvalue weighted by Gasteiger charge is -2.19. The highest BCUT2D eigenvalue weighted by atomic mass is 19.3. The summed E-state index contributed by atoms with van der Waals surface area (Å²) in [6.45, 7) is 1.16. The van der Waals surface area contributed by atoms with Crippen LogP contribution in [0.1, 0.15) is 52.8 Å². The molecule has 1 saturated heterocycles. The number of carbonyl (C=O) groups is 2. The highest BCUT2D eigenvalue weighted by Gasteiger charge is 2.28. The lowest BCUT2D eigenvalue weighted by atomic mass is 10.2. The number of halogens is 3. The van der Waals surface area contributed by atoms with E-state index in [1.165, 1.54) is 35.1 Å². The summed E-state index contributed by atoms with van der Waals surface area (Å²) in [5, 5.41) is 4.38. The minimum atomic E-state index is -3.34. The van der Waals surface area contributed by atoms with E-state index < -0.39 is 18.6 Å².